The molecule has 1 amide bonds. The number of imidazole rings is 1. The molecule has 2 heterocycles. The second-order valence-electron chi connectivity index (χ2n) is 4.94. The number of amides is 1. The zero-order valence-corrected chi connectivity index (χ0v) is 11.9. The molecule has 0 aliphatic rings. The minimum atomic E-state index is -0.0988. The van der Waals surface area contributed by atoms with E-state index in [1.807, 2.05) is 19.9 Å². The Balaban J connectivity index is 1.63. The van der Waals surface area contributed by atoms with Gasteiger partial charge in [0.05, 0.1) is 23.1 Å². The second kappa shape index (κ2) is 5.40. The first-order valence-electron chi connectivity index (χ1n) is 6.78. The number of rotatable bonds is 4. The standard InChI is InChI=1S/C15H16N4O2/c1-9-12(10(2)21-19-9)5-6-16-15(20)11-3-4-13-14(7-11)18-8-17-13/h3-4,7-8H,5-6H2,1-2H3,(H,16,20)(H,17,18). The Morgan fingerprint density at radius 2 is 2.24 bits per heavy atom. The van der Waals surface area contributed by atoms with Crippen LogP contribution in [0.15, 0.2) is 29.0 Å². The first-order valence-corrected chi connectivity index (χ1v) is 6.78. The van der Waals surface area contributed by atoms with Crippen LogP contribution in [0, 0.1) is 13.8 Å². The summed E-state index contributed by atoms with van der Waals surface area (Å²) < 4.78 is 5.10. The third-order valence-electron chi connectivity index (χ3n) is 3.52. The van der Waals surface area contributed by atoms with E-state index in [0.717, 1.165) is 28.1 Å². The molecule has 0 saturated heterocycles. The Morgan fingerprint density at radius 3 is 3.00 bits per heavy atom. The lowest BCUT2D eigenvalue weighted by Gasteiger charge is -2.05. The predicted octanol–water partition coefficient (Wildman–Crippen LogP) is 2.14. The maximum Gasteiger partial charge on any atom is 0.251 e. The maximum atomic E-state index is 12.1. The molecule has 0 unspecified atom stereocenters. The van der Waals surface area contributed by atoms with Crippen LogP contribution in [0.4, 0.5) is 0 Å². The molecule has 3 aromatic rings. The minimum absolute atomic E-state index is 0.0988. The van der Waals surface area contributed by atoms with Crippen molar-refractivity contribution >= 4 is 16.9 Å². The van der Waals surface area contributed by atoms with Crippen molar-refractivity contribution in [3.05, 3.63) is 47.1 Å². The third-order valence-corrected chi connectivity index (χ3v) is 3.52. The molecule has 2 aromatic heterocycles. The summed E-state index contributed by atoms with van der Waals surface area (Å²) in [5, 5.41) is 6.81. The number of fused-ring (bicyclic) bond motifs is 1. The van der Waals surface area contributed by atoms with Gasteiger partial charge in [0.2, 0.25) is 0 Å². The molecule has 0 bridgehead atoms. The van der Waals surface area contributed by atoms with Gasteiger partial charge in [-0.2, -0.15) is 0 Å². The van der Waals surface area contributed by atoms with Gasteiger partial charge >= 0.3 is 0 Å². The number of aromatic nitrogens is 3. The molecule has 3 rings (SSSR count). The number of hydrogen-bond donors (Lipinski definition) is 2. The number of nitrogens with zero attached hydrogens (tertiary/aromatic N) is 2. The fourth-order valence-corrected chi connectivity index (χ4v) is 2.34. The molecular formula is C15H16N4O2. The average Bonchev–Trinajstić information content (AvgIpc) is 3.07. The van der Waals surface area contributed by atoms with Crippen molar-refractivity contribution in [3.63, 3.8) is 0 Å². The average molecular weight is 284 g/mol. The molecule has 0 fully saturated rings. The highest BCUT2D eigenvalue weighted by Crippen LogP contribution is 2.13. The molecule has 0 radical (unpaired) electrons. The molecule has 0 spiro atoms. The highest BCUT2D eigenvalue weighted by Gasteiger charge is 2.10. The van der Waals surface area contributed by atoms with Gasteiger partial charge in [-0.1, -0.05) is 5.16 Å². The highest BCUT2D eigenvalue weighted by molar-refractivity contribution is 5.97. The van der Waals surface area contributed by atoms with Crippen molar-refractivity contribution in [1.29, 1.82) is 0 Å². The Hall–Kier alpha value is -2.63. The quantitative estimate of drug-likeness (QED) is 0.768. The number of nitrogens with one attached hydrogen (secondary N) is 2. The summed E-state index contributed by atoms with van der Waals surface area (Å²) >= 11 is 0. The van der Waals surface area contributed by atoms with Crippen molar-refractivity contribution in [2.75, 3.05) is 6.54 Å². The van der Waals surface area contributed by atoms with Gasteiger partial charge in [0.1, 0.15) is 5.76 Å². The fourth-order valence-electron chi connectivity index (χ4n) is 2.34. The number of carbonyl (C=O) groups excluding carboxylic acids is 1. The monoisotopic (exact) mass is 284 g/mol. The lowest BCUT2D eigenvalue weighted by molar-refractivity contribution is 0.0954. The lowest BCUT2D eigenvalue weighted by atomic mass is 10.1. The summed E-state index contributed by atoms with van der Waals surface area (Å²) in [6.07, 6.45) is 2.32. The Morgan fingerprint density at radius 1 is 1.38 bits per heavy atom. The molecule has 108 valence electrons. The lowest BCUT2D eigenvalue weighted by Crippen LogP contribution is -2.25. The molecular weight excluding hydrogens is 268 g/mol. The molecule has 0 atom stereocenters. The first kappa shape index (κ1) is 13.4. The van der Waals surface area contributed by atoms with E-state index in [-0.39, 0.29) is 5.91 Å². The Labute approximate surface area is 121 Å². The van der Waals surface area contributed by atoms with Gasteiger partial charge in [-0.3, -0.25) is 4.79 Å². The van der Waals surface area contributed by atoms with Gasteiger partial charge < -0.3 is 14.8 Å². The van der Waals surface area contributed by atoms with Crippen LogP contribution < -0.4 is 5.32 Å². The van der Waals surface area contributed by atoms with Gasteiger partial charge in [-0.05, 0) is 38.5 Å². The maximum absolute atomic E-state index is 12.1. The van der Waals surface area contributed by atoms with Crippen LogP contribution in [0.5, 0.6) is 0 Å². The smallest absolute Gasteiger partial charge is 0.251 e. The van der Waals surface area contributed by atoms with Gasteiger partial charge in [0, 0.05) is 17.7 Å². The number of aromatic amines is 1. The van der Waals surface area contributed by atoms with E-state index in [0.29, 0.717) is 18.5 Å². The zero-order chi connectivity index (χ0) is 14.8. The van der Waals surface area contributed by atoms with E-state index >= 15 is 0 Å². The normalized spacial score (nSPS) is 11.0. The van der Waals surface area contributed by atoms with Gasteiger partial charge in [-0.15, -0.1) is 0 Å². The number of carbonyl (C=O) groups is 1. The van der Waals surface area contributed by atoms with Crippen LogP contribution in [0.2, 0.25) is 0 Å². The van der Waals surface area contributed by atoms with Gasteiger partial charge in [0.15, 0.2) is 0 Å². The number of aryl methyl sites for hydroxylation is 2. The van der Waals surface area contributed by atoms with E-state index in [2.05, 4.69) is 20.4 Å². The molecule has 2 N–H and O–H groups in total. The zero-order valence-electron chi connectivity index (χ0n) is 11.9. The van der Waals surface area contributed by atoms with Gasteiger partial charge in [0.25, 0.3) is 5.91 Å². The largest absolute Gasteiger partial charge is 0.361 e. The number of hydrogen-bond acceptors (Lipinski definition) is 4. The van der Waals surface area contributed by atoms with Crippen LogP contribution in [0.3, 0.4) is 0 Å². The predicted molar refractivity (Wildman–Crippen MR) is 78.1 cm³/mol. The van der Waals surface area contributed by atoms with Crippen LogP contribution >= 0.6 is 0 Å². The fraction of sp³-hybridized carbons (Fsp3) is 0.267. The summed E-state index contributed by atoms with van der Waals surface area (Å²) in [7, 11) is 0. The minimum Gasteiger partial charge on any atom is -0.361 e. The van der Waals surface area contributed by atoms with Crippen LogP contribution in [-0.2, 0) is 6.42 Å². The first-order chi connectivity index (χ1) is 10.1. The highest BCUT2D eigenvalue weighted by atomic mass is 16.5. The van der Waals surface area contributed by atoms with E-state index in [1.54, 1.807) is 18.5 Å². The Kier molecular flexibility index (Phi) is 3.43. The molecule has 0 saturated carbocycles. The third kappa shape index (κ3) is 2.65. The molecule has 0 aliphatic heterocycles. The number of benzene rings is 1. The van der Waals surface area contributed by atoms with E-state index in [9.17, 15) is 4.79 Å². The van der Waals surface area contributed by atoms with Gasteiger partial charge in [-0.25, -0.2) is 4.98 Å². The van der Waals surface area contributed by atoms with Crippen molar-refractivity contribution < 1.29 is 9.32 Å². The second-order valence-corrected chi connectivity index (χ2v) is 4.94. The SMILES string of the molecule is Cc1noc(C)c1CCNC(=O)c1ccc2nc[nH]c2c1. The molecule has 1 aromatic carbocycles. The molecule has 21 heavy (non-hydrogen) atoms. The van der Waals surface area contributed by atoms with Crippen molar-refractivity contribution in [2.24, 2.45) is 0 Å². The summed E-state index contributed by atoms with van der Waals surface area (Å²) in [4.78, 5) is 19.3. The van der Waals surface area contributed by atoms with E-state index in [1.165, 1.54) is 0 Å². The summed E-state index contributed by atoms with van der Waals surface area (Å²) in [6, 6.07) is 5.40. The topological polar surface area (TPSA) is 83.8 Å². The van der Waals surface area contributed by atoms with Crippen molar-refractivity contribution in [2.45, 2.75) is 20.3 Å². The molecule has 6 nitrogen and oxygen atoms in total. The molecule has 6 heteroatoms. The van der Waals surface area contributed by atoms with E-state index < -0.39 is 0 Å². The van der Waals surface area contributed by atoms with Crippen molar-refractivity contribution in [1.82, 2.24) is 20.4 Å². The van der Waals surface area contributed by atoms with Crippen LogP contribution in [0.25, 0.3) is 11.0 Å². The van der Waals surface area contributed by atoms with Crippen LogP contribution in [0.1, 0.15) is 27.4 Å². The summed E-state index contributed by atoms with van der Waals surface area (Å²) in [6.45, 7) is 4.33. The summed E-state index contributed by atoms with van der Waals surface area (Å²) in [5.41, 5.74) is 4.25. The Bertz CT molecular complexity index is 768. The van der Waals surface area contributed by atoms with E-state index in [4.69, 9.17) is 4.52 Å². The summed E-state index contributed by atoms with van der Waals surface area (Å²) in [5.74, 6) is 0.707. The van der Waals surface area contributed by atoms with Crippen molar-refractivity contribution in [3.8, 4) is 0 Å². The molecule has 0 aliphatic carbocycles. The van der Waals surface area contributed by atoms with Crippen LogP contribution in [-0.4, -0.2) is 27.6 Å². The number of H-pyrrole nitrogens is 1.